The van der Waals surface area contributed by atoms with Crippen LogP contribution in [0.5, 0.6) is 0 Å². The first kappa shape index (κ1) is 13.0. The lowest BCUT2D eigenvalue weighted by molar-refractivity contribution is 0.0949. The number of H-pyrrole nitrogens is 1. The molecule has 0 spiro atoms. The molecule has 0 atom stereocenters. The lowest BCUT2D eigenvalue weighted by Crippen LogP contribution is -2.27. The van der Waals surface area contributed by atoms with Crippen molar-refractivity contribution in [2.24, 2.45) is 5.92 Å². The number of hydrogen-bond donors (Lipinski definition) is 2. The summed E-state index contributed by atoms with van der Waals surface area (Å²) in [6.45, 7) is 4.76. The second-order valence-electron chi connectivity index (χ2n) is 5.87. The Morgan fingerprint density at radius 1 is 1.45 bits per heavy atom. The average molecular weight is 273 g/mol. The van der Waals surface area contributed by atoms with Crippen molar-refractivity contribution in [2.75, 3.05) is 6.54 Å². The van der Waals surface area contributed by atoms with Crippen molar-refractivity contribution in [1.82, 2.24) is 14.9 Å². The number of aromatic nitrogens is 2. The zero-order valence-electron chi connectivity index (χ0n) is 11.8. The molecule has 1 fully saturated rings. The lowest BCUT2D eigenvalue weighted by Gasteiger charge is -2.08. The van der Waals surface area contributed by atoms with Gasteiger partial charge in [-0.25, -0.2) is 4.79 Å². The maximum absolute atomic E-state index is 12.1. The standard InChI is InChI=1S/C15H19N3O2/c1-9(2)8-16-14(19)10-3-6-12-13(7-10)18(11-4-5-11)15(20)17-12/h3,6-7,9,11H,4-5,8H2,1-2H3,(H,16,19)(H,17,20). The summed E-state index contributed by atoms with van der Waals surface area (Å²) in [5, 5.41) is 2.90. The summed E-state index contributed by atoms with van der Waals surface area (Å²) in [6.07, 6.45) is 2.08. The largest absolute Gasteiger partial charge is 0.352 e. The topological polar surface area (TPSA) is 66.9 Å². The first-order valence-electron chi connectivity index (χ1n) is 7.08. The smallest absolute Gasteiger partial charge is 0.326 e. The van der Waals surface area contributed by atoms with Gasteiger partial charge in [0.2, 0.25) is 0 Å². The minimum atomic E-state index is -0.0865. The fraction of sp³-hybridized carbons (Fsp3) is 0.467. The van der Waals surface area contributed by atoms with Crippen LogP contribution >= 0.6 is 0 Å². The van der Waals surface area contributed by atoms with Gasteiger partial charge in [0.1, 0.15) is 0 Å². The van der Waals surface area contributed by atoms with E-state index in [-0.39, 0.29) is 11.6 Å². The summed E-state index contributed by atoms with van der Waals surface area (Å²) in [5.41, 5.74) is 2.14. The predicted octanol–water partition coefficient (Wildman–Crippen LogP) is 2.05. The minimum absolute atomic E-state index is 0.0813. The lowest BCUT2D eigenvalue weighted by atomic mass is 10.1. The number of hydrogen-bond acceptors (Lipinski definition) is 2. The third kappa shape index (κ3) is 2.35. The molecule has 0 saturated heterocycles. The fourth-order valence-electron chi connectivity index (χ4n) is 2.36. The van der Waals surface area contributed by atoms with Crippen LogP contribution in [0.3, 0.4) is 0 Å². The highest BCUT2D eigenvalue weighted by Crippen LogP contribution is 2.35. The van der Waals surface area contributed by atoms with Gasteiger partial charge in [0.05, 0.1) is 11.0 Å². The number of aromatic amines is 1. The van der Waals surface area contributed by atoms with Crippen LogP contribution in [0, 0.1) is 5.92 Å². The summed E-state index contributed by atoms with van der Waals surface area (Å²) in [4.78, 5) is 26.9. The van der Waals surface area contributed by atoms with Gasteiger partial charge in [0.25, 0.3) is 5.91 Å². The van der Waals surface area contributed by atoms with Crippen molar-refractivity contribution in [2.45, 2.75) is 32.7 Å². The van der Waals surface area contributed by atoms with Gasteiger partial charge in [-0.15, -0.1) is 0 Å². The highest BCUT2D eigenvalue weighted by Gasteiger charge is 2.27. The van der Waals surface area contributed by atoms with Crippen LogP contribution in [0.1, 0.15) is 43.1 Å². The predicted molar refractivity (Wildman–Crippen MR) is 78.0 cm³/mol. The van der Waals surface area contributed by atoms with Crippen LogP contribution in [0.15, 0.2) is 23.0 Å². The molecule has 2 N–H and O–H groups in total. The van der Waals surface area contributed by atoms with E-state index in [0.29, 0.717) is 24.1 Å². The average Bonchev–Trinajstić information content (AvgIpc) is 3.18. The third-order valence-electron chi connectivity index (χ3n) is 3.56. The minimum Gasteiger partial charge on any atom is -0.352 e. The van der Waals surface area contributed by atoms with Crippen LogP contribution in [0.2, 0.25) is 0 Å². The molecule has 0 radical (unpaired) electrons. The van der Waals surface area contributed by atoms with E-state index in [1.807, 2.05) is 0 Å². The molecule has 1 amide bonds. The number of fused-ring (bicyclic) bond motifs is 1. The Balaban J connectivity index is 1.95. The van der Waals surface area contributed by atoms with Gasteiger partial charge in [-0.1, -0.05) is 13.8 Å². The molecule has 3 rings (SSSR count). The number of amides is 1. The molecule has 1 saturated carbocycles. The second kappa shape index (κ2) is 4.81. The number of carbonyl (C=O) groups is 1. The quantitative estimate of drug-likeness (QED) is 0.895. The van der Waals surface area contributed by atoms with Gasteiger partial charge in [0.15, 0.2) is 0 Å². The maximum atomic E-state index is 12.1. The molecule has 5 nitrogen and oxygen atoms in total. The number of benzene rings is 1. The van der Waals surface area contributed by atoms with E-state index < -0.39 is 0 Å². The van der Waals surface area contributed by atoms with Gasteiger partial charge in [-0.2, -0.15) is 0 Å². The zero-order valence-corrected chi connectivity index (χ0v) is 11.8. The number of nitrogens with one attached hydrogen (secondary N) is 2. The molecule has 1 aliphatic rings. The Labute approximate surface area is 117 Å². The van der Waals surface area contributed by atoms with E-state index in [9.17, 15) is 9.59 Å². The Hall–Kier alpha value is -2.04. The molecule has 1 heterocycles. The Morgan fingerprint density at radius 3 is 2.85 bits per heavy atom. The van der Waals surface area contributed by atoms with E-state index >= 15 is 0 Å². The molecule has 2 aromatic rings. The van der Waals surface area contributed by atoms with E-state index in [2.05, 4.69) is 24.1 Å². The highest BCUT2D eigenvalue weighted by molar-refractivity contribution is 5.97. The normalized spacial score (nSPS) is 14.9. The monoisotopic (exact) mass is 273 g/mol. The van der Waals surface area contributed by atoms with Crippen LogP contribution in [0.4, 0.5) is 0 Å². The van der Waals surface area contributed by atoms with Crippen LogP contribution in [0.25, 0.3) is 11.0 Å². The summed E-state index contributed by atoms with van der Waals surface area (Å²) in [6, 6.07) is 5.66. The molecular weight excluding hydrogens is 254 g/mol. The van der Waals surface area contributed by atoms with Gasteiger partial charge >= 0.3 is 5.69 Å². The summed E-state index contributed by atoms with van der Waals surface area (Å²) < 4.78 is 1.77. The third-order valence-corrected chi connectivity index (χ3v) is 3.56. The molecule has 0 aliphatic heterocycles. The van der Waals surface area contributed by atoms with Gasteiger partial charge in [-0.3, -0.25) is 9.36 Å². The fourth-order valence-corrected chi connectivity index (χ4v) is 2.36. The van der Waals surface area contributed by atoms with Crippen molar-refractivity contribution >= 4 is 16.9 Å². The first-order chi connectivity index (χ1) is 9.56. The van der Waals surface area contributed by atoms with Crippen molar-refractivity contribution in [3.63, 3.8) is 0 Å². The van der Waals surface area contributed by atoms with E-state index in [1.165, 1.54) is 0 Å². The van der Waals surface area contributed by atoms with Crippen LogP contribution in [-0.4, -0.2) is 22.0 Å². The summed E-state index contributed by atoms with van der Waals surface area (Å²) in [5.74, 6) is 0.330. The molecule has 106 valence electrons. The number of nitrogens with zero attached hydrogens (tertiary/aromatic N) is 1. The van der Waals surface area contributed by atoms with Gasteiger partial charge in [0, 0.05) is 18.2 Å². The van der Waals surface area contributed by atoms with Crippen LogP contribution < -0.4 is 11.0 Å². The Morgan fingerprint density at radius 2 is 2.20 bits per heavy atom. The molecule has 1 aromatic heterocycles. The molecule has 1 aliphatic carbocycles. The van der Waals surface area contributed by atoms with Crippen molar-refractivity contribution < 1.29 is 4.79 Å². The zero-order chi connectivity index (χ0) is 14.3. The van der Waals surface area contributed by atoms with Crippen molar-refractivity contribution in [3.05, 3.63) is 34.2 Å². The van der Waals surface area contributed by atoms with Gasteiger partial charge in [-0.05, 0) is 37.0 Å². The second-order valence-corrected chi connectivity index (χ2v) is 5.87. The Kier molecular flexibility index (Phi) is 3.12. The van der Waals surface area contributed by atoms with E-state index in [1.54, 1.807) is 22.8 Å². The molecule has 20 heavy (non-hydrogen) atoms. The number of imidazole rings is 1. The number of carbonyl (C=O) groups excluding carboxylic acids is 1. The molecule has 1 aromatic carbocycles. The summed E-state index contributed by atoms with van der Waals surface area (Å²) >= 11 is 0. The number of rotatable bonds is 4. The summed E-state index contributed by atoms with van der Waals surface area (Å²) in [7, 11) is 0. The molecular formula is C15H19N3O2. The van der Waals surface area contributed by atoms with Crippen molar-refractivity contribution in [3.8, 4) is 0 Å². The first-order valence-corrected chi connectivity index (χ1v) is 7.08. The van der Waals surface area contributed by atoms with Crippen LogP contribution in [-0.2, 0) is 0 Å². The SMILES string of the molecule is CC(C)CNC(=O)c1ccc2[nH]c(=O)n(C3CC3)c2c1. The van der Waals surface area contributed by atoms with Crippen molar-refractivity contribution in [1.29, 1.82) is 0 Å². The highest BCUT2D eigenvalue weighted by atomic mass is 16.2. The Bertz CT molecular complexity index is 707. The van der Waals surface area contributed by atoms with E-state index in [0.717, 1.165) is 23.9 Å². The molecule has 5 heteroatoms. The molecule has 0 unspecified atom stereocenters. The van der Waals surface area contributed by atoms with Gasteiger partial charge < -0.3 is 10.3 Å². The molecule has 0 bridgehead atoms. The van der Waals surface area contributed by atoms with E-state index in [4.69, 9.17) is 0 Å². The maximum Gasteiger partial charge on any atom is 0.326 e.